The molecule has 3 N–H and O–H groups in total. The molecular weight excluding hydrogens is 228 g/mol. The van der Waals surface area contributed by atoms with Crippen molar-refractivity contribution in [2.24, 2.45) is 10.9 Å². The third-order valence-corrected chi connectivity index (χ3v) is 2.34. The van der Waals surface area contributed by atoms with Crippen LogP contribution in [0.25, 0.3) is 0 Å². The summed E-state index contributed by atoms with van der Waals surface area (Å²) in [6, 6.07) is 0. The van der Waals surface area contributed by atoms with E-state index < -0.39 is 0 Å². The van der Waals surface area contributed by atoms with E-state index in [1.165, 1.54) is 0 Å². The quantitative estimate of drug-likeness (QED) is 0.522. The van der Waals surface area contributed by atoms with E-state index in [1.54, 1.807) is 0 Å². The van der Waals surface area contributed by atoms with Crippen molar-refractivity contribution < 1.29 is 4.79 Å². The van der Waals surface area contributed by atoms with Gasteiger partial charge in [0.1, 0.15) is 5.82 Å². The Morgan fingerprint density at radius 2 is 2.22 bits per heavy atom. The fourth-order valence-electron chi connectivity index (χ4n) is 1.53. The summed E-state index contributed by atoms with van der Waals surface area (Å²) in [7, 11) is 0. The zero-order valence-electron chi connectivity index (χ0n) is 11.3. The number of hydrogen-bond acceptors (Lipinski definition) is 4. The second-order valence-corrected chi connectivity index (χ2v) is 4.72. The minimum Gasteiger partial charge on any atom is -0.352 e. The molecule has 0 aliphatic carbocycles. The number of nitrogens with zero attached hydrogens (tertiary/aromatic N) is 1. The number of carbonyl (C=O) groups is 1. The van der Waals surface area contributed by atoms with Crippen molar-refractivity contribution in [2.75, 3.05) is 6.54 Å². The number of hydrogen-bond donors (Lipinski definition) is 3. The van der Waals surface area contributed by atoms with Crippen LogP contribution >= 0.6 is 0 Å². The average molecular weight is 248 g/mol. The van der Waals surface area contributed by atoms with Crippen LogP contribution in [0.4, 0.5) is 0 Å². The van der Waals surface area contributed by atoms with E-state index >= 15 is 0 Å². The van der Waals surface area contributed by atoms with E-state index in [0.29, 0.717) is 18.3 Å². The Kier molecular flexibility index (Phi) is 4.83. The predicted molar refractivity (Wildman–Crippen MR) is 73.7 cm³/mol. The molecule has 98 valence electrons. The lowest BCUT2D eigenvalue weighted by molar-refractivity contribution is -0.117. The molecule has 0 aromatic carbocycles. The Morgan fingerprint density at radius 1 is 1.56 bits per heavy atom. The van der Waals surface area contributed by atoms with Gasteiger partial charge in [0.05, 0.1) is 5.57 Å². The topological polar surface area (TPSA) is 77.3 Å². The molecule has 5 heteroatoms. The fraction of sp³-hybridized carbons (Fsp3) is 0.462. The molecule has 0 spiro atoms. The molecule has 0 aromatic rings. The Labute approximate surface area is 108 Å². The highest BCUT2D eigenvalue weighted by molar-refractivity contribution is 6.12. The van der Waals surface area contributed by atoms with Crippen LogP contribution in [0.5, 0.6) is 0 Å². The van der Waals surface area contributed by atoms with E-state index in [4.69, 9.17) is 5.41 Å². The normalized spacial score (nSPS) is 17.6. The number of nitrogens with one attached hydrogen (secondary N) is 3. The van der Waals surface area contributed by atoms with Crippen molar-refractivity contribution in [2.45, 2.75) is 27.7 Å². The predicted octanol–water partition coefficient (Wildman–Crippen LogP) is 1.59. The van der Waals surface area contributed by atoms with Crippen molar-refractivity contribution in [3.8, 4) is 0 Å². The molecule has 0 aromatic heterocycles. The minimum atomic E-state index is -0.271. The van der Waals surface area contributed by atoms with Crippen LogP contribution in [0.3, 0.4) is 0 Å². The summed E-state index contributed by atoms with van der Waals surface area (Å²) in [5, 5.41) is 13.2. The van der Waals surface area contributed by atoms with Gasteiger partial charge >= 0.3 is 0 Å². The monoisotopic (exact) mass is 248 g/mol. The van der Waals surface area contributed by atoms with Crippen LogP contribution in [0.1, 0.15) is 27.7 Å². The van der Waals surface area contributed by atoms with Crippen molar-refractivity contribution >= 4 is 17.8 Å². The molecule has 1 heterocycles. The van der Waals surface area contributed by atoms with Crippen LogP contribution in [0.15, 0.2) is 28.2 Å². The summed E-state index contributed by atoms with van der Waals surface area (Å²) in [6.07, 6.45) is 2.92. The Hall–Kier alpha value is -1.91. The maximum Gasteiger partial charge on any atom is 0.256 e. The van der Waals surface area contributed by atoms with Crippen LogP contribution in [0, 0.1) is 11.3 Å². The van der Waals surface area contributed by atoms with Gasteiger partial charge < -0.3 is 16.0 Å². The van der Waals surface area contributed by atoms with Crippen LogP contribution in [-0.4, -0.2) is 24.4 Å². The van der Waals surface area contributed by atoms with E-state index in [0.717, 1.165) is 17.6 Å². The molecule has 1 rings (SSSR count). The van der Waals surface area contributed by atoms with Gasteiger partial charge in [-0.3, -0.25) is 4.79 Å². The lowest BCUT2D eigenvalue weighted by atomic mass is 10.2. The summed E-state index contributed by atoms with van der Waals surface area (Å²) in [5.74, 6) is 0.535. The van der Waals surface area contributed by atoms with Crippen molar-refractivity contribution in [3.05, 3.63) is 23.2 Å². The fourth-order valence-corrected chi connectivity index (χ4v) is 1.53. The van der Waals surface area contributed by atoms with Gasteiger partial charge in [-0.2, -0.15) is 0 Å². The van der Waals surface area contributed by atoms with Crippen LogP contribution in [-0.2, 0) is 4.79 Å². The first-order valence-corrected chi connectivity index (χ1v) is 5.97. The summed E-state index contributed by atoms with van der Waals surface area (Å²) in [4.78, 5) is 16.2. The Morgan fingerprint density at radius 3 is 2.72 bits per heavy atom. The first-order valence-electron chi connectivity index (χ1n) is 5.97. The van der Waals surface area contributed by atoms with Gasteiger partial charge in [0.25, 0.3) is 5.91 Å². The summed E-state index contributed by atoms with van der Waals surface area (Å²) in [6.45, 7) is 8.38. The van der Waals surface area contributed by atoms with E-state index in [9.17, 15) is 4.79 Å². The highest BCUT2D eigenvalue weighted by atomic mass is 16.1. The number of carbonyl (C=O) groups excluding carboxylic acids is 1. The van der Waals surface area contributed by atoms with Crippen molar-refractivity contribution in [3.63, 3.8) is 0 Å². The van der Waals surface area contributed by atoms with Gasteiger partial charge in [0, 0.05) is 24.2 Å². The highest BCUT2D eigenvalue weighted by Gasteiger charge is 2.15. The Balaban J connectivity index is 2.92. The number of aliphatic imine (C=N–C) groups is 1. The smallest absolute Gasteiger partial charge is 0.256 e. The molecule has 0 fully saturated rings. The van der Waals surface area contributed by atoms with E-state index in [1.807, 2.05) is 33.8 Å². The molecule has 1 amide bonds. The third-order valence-electron chi connectivity index (χ3n) is 2.34. The minimum absolute atomic E-state index is 0.252. The molecule has 0 saturated heterocycles. The first-order chi connectivity index (χ1) is 8.43. The van der Waals surface area contributed by atoms with Crippen molar-refractivity contribution in [1.82, 2.24) is 10.6 Å². The largest absolute Gasteiger partial charge is 0.352 e. The molecule has 0 radical (unpaired) electrons. The van der Waals surface area contributed by atoms with Gasteiger partial charge in [-0.15, -0.1) is 0 Å². The van der Waals surface area contributed by atoms with Crippen LogP contribution in [0.2, 0.25) is 0 Å². The van der Waals surface area contributed by atoms with Gasteiger partial charge in [-0.1, -0.05) is 13.8 Å². The zero-order valence-corrected chi connectivity index (χ0v) is 11.3. The summed E-state index contributed by atoms with van der Waals surface area (Å²) in [5.41, 5.74) is 1.98. The summed E-state index contributed by atoms with van der Waals surface area (Å²) >= 11 is 0. The summed E-state index contributed by atoms with van der Waals surface area (Å²) < 4.78 is 0. The van der Waals surface area contributed by atoms with Gasteiger partial charge in [0.15, 0.2) is 0 Å². The van der Waals surface area contributed by atoms with Crippen LogP contribution < -0.4 is 10.6 Å². The van der Waals surface area contributed by atoms with Gasteiger partial charge in [-0.25, -0.2) is 4.99 Å². The highest BCUT2D eigenvalue weighted by Crippen LogP contribution is 2.10. The van der Waals surface area contributed by atoms with E-state index in [-0.39, 0.29) is 11.5 Å². The van der Waals surface area contributed by atoms with Gasteiger partial charge in [0.2, 0.25) is 0 Å². The molecule has 5 nitrogen and oxygen atoms in total. The lowest BCUT2D eigenvalue weighted by Gasteiger charge is -2.16. The second-order valence-electron chi connectivity index (χ2n) is 4.72. The molecule has 1 aliphatic rings. The number of rotatable bonds is 4. The average Bonchev–Trinajstić information content (AvgIpc) is 2.26. The maximum absolute atomic E-state index is 11.9. The molecule has 0 saturated carbocycles. The Bertz CT molecular complexity index is 444. The third kappa shape index (κ3) is 3.84. The van der Waals surface area contributed by atoms with Crippen molar-refractivity contribution in [1.29, 1.82) is 5.41 Å². The number of allylic oxidation sites excluding steroid dienone is 2. The van der Waals surface area contributed by atoms with Gasteiger partial charge in [-0.05, 0) is 25.8 Å². The molecule has 0 unspecified atom stereocenters. The molecule has 1 aliphatic heterocycles. The molecule has 0 atom stereocenters. The number of amides is 1. The zero-order chi connectivity index (χ0) is 13.7. The first kappa shape index (κ1) is 14.2. The standard InChI is InChI=1S/C13H20N4O/c1-8(2)7-15-13(18)11(6-14)12-16-9(3)5-10(4)17-12/h5-6,8,14,16H,7H2,1-4H3,(H,15,18)/b12-11-,14-6?. The maximum atomic E-state index is 11.9. The van der Waals surface area contributed by atoms with E-state index in [2.05, 4.69) is 15.6 Å². The molecule has 0 bridgehead atoms. The second kappa shape index (κ2) is 6.14. The molecular formula is C13H20N4O. The SMILES string of the molecule is CC1=CC(C)=N/C(=C(/C=N)C(=O)NCC(C)C)N1. The lowest BCUT2D eigenvalue weighted by Crippen LogP contribution is -2.32. The molecule has 18 heavy (non-hydrogen) atoms.